The Hall–Kier alpha value is -1.22. The largest absolute Gasteiger partial charge is 0.495 e. The fourth-order valence-electron chi connectivity index (χ4n) is 3.03. The number of hydrogen-bond acceptors (Lipinski definition) is 3. The Morgan fingerprint density at radius 1 is 1.42 bits per heavy atom. The summed E-state index contributed by atoms with van der Waals surface area (Å²) >= 11 is 0. The van der Waals surface area contributed by atoms with Gasteiger partial charge in [-0.25, -0.2) is 0 Å². The first-order valence-corrected chi connectivity index (χ1v) is 7.30. The summed E-state index contributed by atoms with van der Waals surface area (Å²) in [7, 11) is 1.75. The van der Waals surface area contributed by atoms with E-state index in [0.29, 0.717) is 12.1 Å². The predicted molar refractivity (Wildman–Crippen MR) is 81.2 cm³/mol. The summed E-state index contributed by atoms with van der Waals surface area (Å²) in [5.74, 6) is 0.986. The van der Waals surface area contributed by atoms with Crippen LogP contribution in [-0.4, -0.2) is 32.3 Å². The summed E-state index contributed by atoms with van der Waals surface area (Å²) in [5, 5.41) is 3.57. The molecule has 3 nitrogen and oxygen atoms in total. The Labute approximate surface area is 116 Å². The number of ether oxygens (including phenoxy) is 1. The minimum absolute atomic E-state index is 0.550. The van der Waals surface area contributed by atoms with Crippen molar-refractivity contribution in [3.8, 4) is 5.75 Å². The number of benzene rings is 1. The Kier molecular flexibility index (Phi) is 4.70. The van der Waals surface area contributed by atoms with Gasteiger partial charge in [-0.2, -0.15) is 0 Å². The third-order valence-electron chi connectivity index (χ3n) is 4.01. The van der Waals surface area contributed by atoms with Crippen molar-refractivity contribution < 1.29 is 4.74 Å². The smallest absolute Gasteiger partial charge is 0.142 e. The molecule has 1 heterocycles. The second-order valence-electron chi connectivity index (χ2n) is 5.50. The fraction of sp³-hybridized carbons (Fsp3) is 0.625. The zero-order chi connectivity index (χ0) is 13.8. The van der Waals surface area contributed by atoms with E-state index in [2.05, 4.69) is 49.2 Å². The zero-order valence-corrected chi connectivity index (χ0v) is 12.6. The van der Waals surface area contributed by atoms with E-state index in [1.807, 2.05) is 0 Å². The lowest BCUT2D eigenvalue weighted by molar-refractivity contribution is 0.366. The molecule has 0 saturated carbocycles. The molecule has 1 saturated heterocycles. The van der Waals surface area contributed by atoms with E-state index in [0.717, 1.165) is 18.8 Å². The van der Waals surface area contributed by atoms with Crippen LogP contribution in [0.3, 0.4) is 0 Å². The molecule has 0 amide bonds. The molecule has 3 heteroatoms. The maximum Gasteiger partial charge on any atom is 0.142 e. The lowest BCUT2D eigenvalue weighted by atomic mass is 9.97. The molecule has 2 rings (SSSR count). The zero-order valence-electron chi connectivity index (χ0n) is 12.6. The number of nitrogens with zero attached hydrogens (tertiary/aromatic N) is 1. The molecular formula is C16H26N2O. The Balaban J connectivity index is 2.16. The van der Waals surface area contributed by atoms with Crippen LogP contribution >= 0.6 is 0 Å². The number of hydrogen-bond donors (Lipinski definition) is 1. The van der Waals surface area contributed by atoms with Crippen molar-refractivity contribution in [2.45, 2.75) is 45.7 Å². The molecule has 1 aliphatic heterocycles. The van der Waals surface area contributed by atoms with E-state index in [1.54, 1.807) is 7.11 Å². The van der Waals surface area contributed by atoms with Crippen molar-refractivity contribution >= 4 is 5.69 Å². The predicted octanol–water partition coefficient (Wildman–Crippen LogP) is 2.97. The summed E-state index contributed by atoms with van der Waals surface area (Å²) in [4.78, 5) is 2.49. The Bertz CT molecular complexity index is 419. The van der Waals surface area contributed by atoms with E-state index in [9.17, 15) is 0 Å². The van der Waals surface area contributed by atoms with Crippen molar-refractivity contribution in [1.82, 2.24) is 5.32 Å². The van der Waals surface area contributed by atoms with Crippen molar-refractivity contribution in [2.24, 2.45) is 0 Å². The van der Waals surface area contributed by atoms with Crippen LogP contribution in [-0.2, 0) is 0 Å². The summed E-state index contributed by atoms with van der Waals surface area (Å²) in [6.45, 7) is 8.79. The van der Waals surface area contributed by atoms with E-state index in [4.69, 9.17) is 4.74 Å². The van der Waals surface area contributed by atoms with Crippen LogP contribution in [0.25, 0.3) is 0 Å². The molecule has 0 aromatic heterocycles. The van der Waals surface area contributed by atoms with Gasteiger partial charge in [-0.3, -0.25) is 0 Å². The van der Waals surface area contributed by atoms with Gasteiger partial charge in [0.2, 0.25) is 0 Å². The highest BCUT2D eigenvalue weighted by molar-refractivity contribution is 5.61. The average molecular weight is 262 g/mol. The lowest BCUT2D eigenvalue weighted by Gasteiger charge is -2.40. The average Bonchev–Trinajstić information content (AvgIpc) is 2.39. The molecule has 1 N–H and O–H groups in total. The van der Waals surface area contributed by atoms with Crippen molar-refractivity contribution in [3.05, 3.63) is 23.8 Å². The molecule has 106 valence electrons. The fourth-order valence-corrected chi connectivity index (χ4v) is 3.03. The van der Waals surface area contributed by atoms with Gasteiger partial charge in [0.05, 0.1) is 12.8 Å². The van der Waals surface area contributed by atoms with Crippen LogP contribution in [0.2, 0.25) is 0 Å². The highest BCUT2D eigenvalue weighted by atomic mass is 16.5. The van der Waals surface area contributed by atoms with Crippen LogP contribution in [0.5, 0.6) is 5.75 Å². The minimum Gasteiger partial charge on any atom is -0.495 e. The van der Waals surface area contributed by atoms with Gasteiger partial charge in [0, 0.05) is 18.6 Å². The minimum atomic E-state index is 0.550. The van der Waals surface area contributed by atoms with Gasteiger partial charge in [0.25, 0.3) is 0 Å². The number of rotatable bonds is 4. The Morgan fingerprint density at radius 3 is 2.84 bits per heavy atom. The second-order valence-corrected chi connectivity index (χ2v) is 5.50. The maximum absolute atomic E-state index is 5.52. The molecule has 0 spiro atoms. The van der Waals surface area contributed by atoms with Crippen LogP contribution < -0.4 is 15.0 Å². The summed E-state index contributed by atoms with van der Waals surface area (Å²) < 4.78 is 5.52. The normalized spacial score (nSPS) is 23.5. The van der Waals surface area contributed by atoms with E-state index >= 15 is 0 Å². The molecule has 2 unspecified atom stereocenters. The molecule has 0 radical (unpaired) electrons. The second kappa shape index (κ2) is 6.29. The molecule has 1 fully saturated rings. The first-order valence-electron chi connectivity index (χ1n) is 7.30. The summed E-state index contributed by atoms with van der Waals surface area (Å²) in [5.41, 5.74) is 2.53. The summed E-state index contributed by atoms with van der Waals surface area (Å²) in [6, 6.07) is 7.63. The monoisotopic (exact) mass is 262 g/mol. The molecule has 1 aromatic carbocycles. The van der Waals surface area contributed by atoms with Crippen LogP contribution in [0.1, 0.15) is 32.3 Å². The first-order chi connectivity index (χ1) is 9.15. The van der Waals surface area contributed by atoms with Gasteiger partial charge in [-0.15, -0.1) is 0 Å². The quantitative estimate of drug-likeness (QED) is 0.903. The van der Waals surface area contributed by atoms with Gasteiger partial charge in [0.15, 0.2) is 0 Å². The van der Waals surface area contributed by atoms with Gasteiger partial charge in [-0.05, 0) is 50.9 Å². The SMILES string of the molecule is CCNC1CCN(c2cc(C)ccc2OC)C(C)C1. The van der Waals surface area contributed by atoms with Gasteiger partial charge in [-0.1, -0.05) is 13.0 Å². The van der Waals surface area contributed by atoms with Crippen molar-refractivity contribution in [2.75, 3.05) is 25.1 Å². The molecule has 0 aliphatic carbocycles. The number of methoxy groups -OCH3 is 1. The van der Waals surface area contributed by atoms with Crippen molar-refractivity contribution in [3.63, 3.8) is 0 Å². The highest BCUT2D eigenvalue weighted by Crippen LogP contribution is 2.33. The molecule has 0 bridgehead atoms. The van der Waals surface area contributed by atoms with Crippen molar-refractivity contribution in [1.29, 1.82) is 0 Å². The lowest BCUT2D eigenvalue weighted by Crippen LogP contribution is -2.47. The third kappa shape index (κ3) is 3.21. The number of piperidine rings is 1. The van der Waals surface area contributed by atoms with Crippen LogP contribution in [0.15, 0.2) is 18.2 Å². The molecule has 2 atom stereocenters. The third-order valence-corrected chi connectivity index (χ3v) is 4.01. The number of anilines is 1. The molecule has 1 aromatic rings. The van der Waals surface area contributed by atoms with Crippen LogP contribution in [0.4, 0.5) is 5.69 Å². The van der Waals surface area contributed by atoms with Gasteiger partial charge >= 0.3 is 0 Å². The summed E-state index contributed by atoms with van der Waals surface area (Å²) in [6.07, 6.45) is 2.40. The highest BCUT2D eigenvalue weighted by Gasteiger charge is 2.26. The standard InChI is InChI=1S/C16H26N2O/c1-5-17-14-8-9-18(13(3)11-14)15-10-12(2)6-7-16(15)19-4/h6-7,10,13-14,17H,5,8-9,11H2,1-4H3. The van der Waals surface area contributed by atoms with E-state index < -0.39 is 0 Å². The molecule has 19 heavy (non-hydrogen) atoms. The topological polar surface area (TPSA) is 24.5 Å². The Morgan fingerprint density at radius 2 is 2.21 bits per heavy atom. The molecular weight excluding hydrogens is 236 g/mol. The van der Waals surface area contributed by atoms with Crippen LogP contribution in [0, 0.1) is 6.92 Å². The van der Waals surface area contributed by atoms with Gasteiger partial charge < -0.3 is 15.0 Å². The number of aryl methyl sites for hydroxylation is 1. The molecule has 1 aliphatic rings. The first kappa shape index (κ1) is 14.2. The van der Waals surface area contributed by atoms with Gasteiger partial charge in [0.1, 0.15) is 5.75 Å². The van der Waals surface area contributed by atoms with E-state index in [-0.39, 0.29) is 0 Å². The number of nitrogens with one attached hydrogen (secondary N) is 1. The maximum atomic E-state index is 5.52. The van der Waals surface area contributed by atoms with E-state index in [1.165, 1.54) is 24.1 Å².